The second kappa shape index (κ2) is 5.79. The van der Waals surface area contributed by atoms with Gasteiger partial charge in [0.1, 0.15) is 5.75 Å². The number of carbonyl (C=O) groups is 2. The van der Waals surface area contributed by atoms with Gasteiger partial charge in [-0.05, 0) is 18.2 Å². The highest BCUT2D eigenvalue weighted by molar-refractivity contribution is 6.35. The topological polar surface area (TPSA) is 59.1 Å². The molecule has 0 saturated carbocycles. The highest BCUT2D eigenvalue weighted by atomic mass is 35.5. The zero-order chi connectivity index (χ0) is 16.9. The van der Waals surface area contributed by atoms with Gasteiger partial charge in [0, 0.05) is 24.5 Å². The summed E-state index contributed by atoms with van der Waals surface area (Å²) >= 11 is 11.9. The Balaban J connectivity index is 1.45. The first-order valence-corrected chi connectivity index (χ1v) is 8.58. The molecule has 0 aromatic heterocycles. The maximum Gasteiger partial charge on any atom is 0.260 e. The summed E-state index contributed by atoms with van der Waals surface area (Å²) in [6.07, 6.45) is 0.963. The van der Waals surface area contributed by atoms with Gasteiger partial charge in [0.05, 0.1) is 24.1 Å². The molecule has 3 aliphatic rings. The van der Waals surface area contributed by atoms with E-state index < -0.39 is 5.72 Å². The van der Waals surface area contributed by atoms with Gasteiger partial charge in [0.25, 0.3) is 5.91 Å². The Labute approximate surface area is 149 Å². The van der Waals surface area contributed by atoms with Gasteiger partial charge in [0.2, 0.25) is 5.91 Å². The van der Waals surface area contributed by atoms with E-state index in [1.54, 1.807) is 28.0 Å². The van der Waals surface area contributed by atoms with Crippen molar-refractivity contribution in [2.24, 2.45) is 0 Å². The molecule has 3 heterocycles. The standard InChI is InChI=1S/C16H16Cl2N2O4/c17-10-1-2-12(11(18)7-10)23-9-15(22)19-4-3-16-13(19)8-14(21)20(16)5-6-24-16/h1-2,7,13H,3-6,8-9H2/t13-,16+/m1/s1. The summed E-state index contributed by atoms with van der Waals surface area (Å²) in [4.78, 5) is 28.2. The van der Waals surface area contributed by atoms with E-state index in [1.165, 1.54) is 0 Å². The van der Waals surface area contributed by atoms with Crippen molar-refractivity contribution in [3.05, 3.63) is 28.2 Å². The third-order valence-corrected chi connectivity index (χ3v) is 5.50. The van der Waals surface area contributed by atoms with Crippen molar-refractivity contribution in [2.45, 2.75) is 24.6 Å². The van der Waals surface area contributed by atoms with Crippen LogP contribution in [-0.2, 0) is 14.3 Å². The molecular weight excluding hydrogens is 355 g/mol. The molecule has 3 aliphatic heterocycles. The van der Waals surface area contributed by atoms with Crippen LogP contribution in [0.2, 0.25) is 10.0 Å². The van der Waals surface area contributed by atoms with E-state index in [-0.39, 0.29) is 24.5 Å². The van der Waals surface area contributed by atoms with E-state index in [1.807, 2.05) is 0 Å². The number of hydrogen-bond acceptors (Lipinski definition) is 4. The van der Waals surface area contributed by atoms with Crippen molar-refractivity contribution in [1.29, 1.82) is 0 Å². The summed E-state index contributed by atoms with van der Waals surface area (Å²) in [7, 11) is 0. The zero-order valence-corrected chi connectivity index (χ0v) is 14.3. The maximum absolute atomic E-state index is 12.6. The number of rotatable bonds is 3. The van der Waals surface area contributed by atoms with Gasteiger partial charge >= 0.3 is 0 Å². The molecule has 0 N–H and O–H groups in total. The molecule has 6 nitrogen and oxygen atoms in total. The minimum Gasteiger partial charge on any atom is -0.482 e. The largest absolute Gasteiger partial charge is 0.482 e. The first-order chi connectivity index (χ1) is 11.5. The monoisotopic (exact) mass is 370 g/mol. The van der Waals surface area contributed by atoms with Crippen molar-refractivity contribution >= 4 is 35.0 Å². The fourth-order valence-electron chi connectivity index (χ4n) is 3.90. The summed E-state index contributed by atoms with van der Waals surface area (Å²) < 4.78 is 11.4. The predicted molar refractivity (Wildman–Crippen MR) is 87.1 cm³/mol. The van der Waals surface area contributed by atoms with E-state index in [4.69, 9.17) is 32.7 Å². The van der Waals surface area contributed by atoms with Crippen LogP contribution >= 0.6 is 23.2 Å². The van der Waals surface area contributed by atoms with Crippen LogP contribution in [0.15, 0.2) is 18.2 Å². The number of halogens is 2. The quantitative estimate of drug-likeness (QED) is 0.815. The molecule has 0 radical (unpaired) electrons. The molecule has 3 fully saturated rings. The minimum absolute atomic E-state index is 0.0525. The van der Waals surface area contributed by atoms with Gasteiger partial charge in [-0.15, -0.1) is 0 Å². The summed E-state index contributed by atoms with van der Waals surface area (Å²) in [6, 6.07) is 4.61. The van der Waals surface area contributed by atoms with Crippen molar-refractivity contribution in [2.75, 3.05) is 26.3 Å². The highest BCUT2D eigenvalue weighted by Crippen LogP contribution is 2.45. The molecule has 24 heavy (non-hydrogen) atoms. The molecule has 0 unspecified atom stereocenters. The lowest BCUT2D eigenvalue weighted by Gasteiger charge is -2.31. The molecule has 0 bridgehead atoms. The lowest BCUT2D eigenvalue weighted by atomic mass is 10.1. The first kappa shape index (κ1) is 16.0. The van der Waals surface area contributed by atoms with Crippen molar-refractivity contribution in [3.63, 3.8) is 0 Å². The number of hydrogen-bond donors (Lipinski definition) is 0. The third kappa shape index (κ3) is 2.36. The smallest absolute Gasteiger partial charge is 0.260 e. The molecule has 2 atom stereocenters. The molecule has 1 spiro atoms. The predicted octanol–water partition coefficient (Wildman–Crippen LogP) is 1.93. The SMILES string of the molecule is O=C(COc1ccc(Cl)cc1Cl)N1CC[C@@]23OCCN2C(=O)C[C@@H]13. The number of carbonyl (C=O) groups excluding carboxylic acids is 2. The van der Waals surface area contributed by atoms with E-state index >= 15 is 0 Å². The van der Waals surface area contributed by atoms with Crippen molar-refractivity contribution < 1.29 is 19.1 Å². The number of nitrogens with zero attached hydrogens (tertiary/aromatic N) is 2. The van der Waals surface area contributed by atoms with Gasteiger partial charge in [-0.25, -0.2) is 0 Å². The van der Waals surface area contributed by atoms with Crippen LogP contribution in [0.1, 0.15) is 12.8 Å². The van der Waals surface area contributed by atoms with Crippen LogP contribution in [0.25, 0.3) is 0 Å². The number of benzene rings is 1. The molecule has 3 saturated heterocycles. The molecule has 0 aliphatic carbocycles. The van der Waals surface area contributed by atoms with Gasteiger partial charge < -0.3 is 19.3 Å². The van der Waals surface area contributed by atoms with Gasteiger partial charge in [-0.2, -0.15) is 0 Å². The van der Waals surface area contributed by atoms with Crippen LogP contribution in [0.5, 0.6) is 5.75 Å². The van der Waals surface area contributed by atoms with E-state index in [0.717, 1.165) is 0 Å². The Bertz CT molecular complexity index is 713. The van der Waals surface area contributed by atoms with Gasteiger partial charge in [-0.3, -0.25) is 9.59 Å². The summed E-state index contributed by atoms with van der Waals surface area (Å²) in [6.45, 7) is 1.56. The Morgan fingerprint density at radius 2 is 2.21 bits per heavy atom. The van der Waals surface area contributed by atoms with Crippen LogP contribution in [-0.4, -0.2) is 59.7 Å². The lowest BCUT2D eigenvalue weighted by molar-refractivity contribution is -0.140. The van der Waals surface area contributed by atoms with Crippen molar-refractivity contribution in [1.82, 2.24) is 9.80 Å². The van der Waals surface area contributed by atoms with Gasteiger partial charge in [0.15, 0.2) is 12.3 Å². The zero-order valence-electron chi connectivity index (χ0n) is 12.8. The second-order valence-corrected chi connectivity index (χ2v) is 7.00. The molecule has 1 aromatic rings. The Morgan fingerprint density at radius 3 is 3.00 bits per heavy atom. The van der Waals surface area contributed by atoms with E-state index in [0.29, 0.717) is 48.3 Å². The van der Waals surface area contributed by atoms with Crippen molar-refractivity contribution in [3.8, 4) is 5.75 Å². The second-order valence-electron chi connectivity index (χ2n) is 6.16. The molecule has 8 heteroatoms. The average molecular weight is 371 g/mol. The summed E-state index contributed by atoms with van der Waals surface area (Å²) in [5, 5.41) is 0.859. The highest BCUT2D eigenvalue weighted by Gasteiger charge is 2.62. The molecular formula is C16H16Cl2N2O4. The number of likely N-dealkylation sites (tertiary alicyclic amines) is 1. The fourth-order valence-corrected chi connectivity index (χ4v) is 4.37. The minimum atomic E-state index is -0.620. The van der Waals surface area contributed by atoms with Crippen LogP contribution in [0.4, 0.5) is 0 Å². The normalized spacial score (nSPS) is 28.2. The van der Waals surface area contributed by atoms with Crippen LogP contribution in [0.3, 0.4) is 0 Å². The lowest BCUT2D eigenvalue weighted by Crippen LogP contribution is -2.49. The Hall–Kier alpha value is -1.50. The maximum atomic E-state index is 12.6. The van der Waals surface area contributed by atoms with Crippen LogP contribution in [0, 0.1) is 0 Å². The van der Waals surface area contributed by atoms with Gasteiger partial charge in [-0.1, -0.05) is 23.2 Å². The Kier molecular flexibility index (Phi) is 3.86. The first-order valence-electron chi connectivity index (χ1n) is 7.83. The molecule has 128 valence electrons. The van der Waals surface area contributed by atoms with E-state index in [2.05, 4.69) is 0 Å². The third-order valence-electron chi connectivity index (χ3n) is 4.97. The van der Waals surface area contributed by atoms with Crippen LogP contribution < -0.4 is 4.74 Å². The number of amides is 2. The average Bonchev–Trinajstić information content (AvgIpc) is 3.17. The molecule has 2 amide bonds. The fraction of sp³-hybridized carbons (Fsp3) is 0.500. The number of ether oxygens (including phenoxy) is 2. The Morgan fingerprint density at radius 1 is 1.38 bits per heavy atom. The van der Waals surface area contributed by atoms with E-state index in [9.17, 15) is 9.59 Å². The summed E-state index contributed by atoms with van der Waals surface area (Å²) in [5.41, 5.74) is -0.620. The molecule has 4 rings (SSSR count). The summed E-state index contributed by atoms with van der Waals surface area (Å²) in [5.74, 6) is 0.286. The molecule has 1 aromatic carbocycles.